The van der Waals surface area contributed by atoms with Gasteiger partial charge in [-0.1, -0.05) is 44.2 Å². The van der Waals surface area contributed by atoms with Gasteiger partial charge in [-0.3, -0.25) is 14.2 Å². The number of nitrogens with zero attached hydrogens (tertiary/aromatic N) is 2. The van der Waals surface area contributed by atoms with Crippen LogP contribution in [0.25, 0.3) is 0 Å². The molecule has 1 fully saturated rings. The van der Waals surface area contributed by atoms with Gasteiger partial charge in [0.2, 0.25) is 0 Å². The Morgan fingerprint density at radius 3 is 2.52 bits per heavy atom. The minimum absolute atomic E-state index is 0.0821. The molecule has 2 heterocycles. The number of alkyl halides is 1. The van der Waals surface area contributed by atoms with Gasteiger partial charge in [-0.25, -0.2) is 4.31 Å². The number of piperidine rings is 1. The maximum Gasteiger partial charge on any atom is 0.253 e. The van der Waals surface area contributed by atoms with E-state index < -0.39 is 5.54 Å². The Kier molecular flexibility index (Phi) is 7.56. The van der Waals surface area contributed by atoms with Crippen molar-refractivity contribution in [1.82, 2.24) is 9.62 Å². The molecule has 2 rings (SSSR count). The monoisotopic (exact) mass is 341 g/mol. The second-order valence-corrected chi connectivity index (χ2v) is 7.37. The van der Waals surface area contributed by atoms with Crippen LogP contribution in [0, 0.1) is 0 Å². The standard InChI is InChI=1S/C17H28FN3OS/c1-2-23-21-13-10-17(11-14-21)16(22)19-15(20-17)9-7-5-3-4-6-8-12-18/h2H,1,3-14H2,(H,19,20,22). The van der Waals surface area contributed by atoms with Gasteiger partial charge in [0, 0.05) is 19.5 Å². The molecule has 0 radical (unpaired) electrons. The maximum absolute atomic E-state index is 12.3. The van der Waals surface area contributed by atoms with E-state index in [4.69, 9.17) is 4.99 Å². The first-order chi connectivity index (χ1) is 11.2. The Balaban J connectivity index is 1.71. The third-order valence-corrected chi connectivity index (χ3v) is 5.41. The summed E-state index contributed by atoms with van der Waals surface area (Å²) in [6.07, 6.45) is 8.49. The van der Waals surface area contributed by atoms with Crippen LogP contribution in [0.5, 0.6) is 0 Å². The fourth-order valence-electron chi connectivity index (χ4n) is 3.20. The molecule has 0 aromatic heterocycles. The van der Waals surface area contributed by atoms with E-state index >= 15 is 0 Å². The molecule has 4 nitrogen and oxygen atoms in total. The van der Waals surface area contributed by atoms with Gasteiger partial charge in [0.05, 0.1) is 6.67 Å². The number of aliphatic imine (C=N–C) groups is 1. The Hall–Kier alpha value is -0.880. The summed E-state index contributed by atoms with van der Waals surface area (Å²) >= 11 is 1.61. The quantitative estimate of drug-likeness (QED) is 0.485. The number of hydrogen-bond acceptors (Lipinski definition) is 4. The number of unbranched alkanes of at least 4 members (excludes halogenated alkanes) is 5. The number of hydrogen-bond donors (Lipinski definition) is 1. The molecular weight excluding hydrogens is 313 g/mol. The smallest absolute Gasteiger partial charge is 0.253 e. The van der Waals surface area contributed by atoms with Crippen LogP contribution in [-0.2, 0) is 4.79 Å². The van der Waals surface area contributed by atoms with Crippen molar-refractivity contribution in [3.63, 3.8) is 0 Å². The largest absolute Gasteiger partial charge is 0.312 e. The van der Waals surface area contributed by atoms with Crippen LogP contribution in [-0.4, -0.2) is 41.4 Å². The van der Waals surface area contributed by atoms with Gasteiger partial charge in [-0.2, -0.15) is 0 Å². The Morgan fingerprint density at radius 2 is 1.87 bits per heavy atom. The molecule has 0 aromatic rings. The van der Waals surface area contributed by atoms with Gasteiger partial charge in [0.1, 0.15) is 11.4 Å². The van der Waals surface area contributed by atoms with E-state index in [1.165, 1.54) is 0 Å². The van der Waals surface area contributed by atoms with Crippen molar-refractivity contribution in [3.05, 3.63) is 12.0 Å². The van der Waals surface area contributed by atoms with Crippen LogP contribution in [0.4, 0.5) is 4.39 Å². The van der Waals surface area contributed by atoms with Crippen LogP contribution in [0.1, 0.15) is 57.8 Å². The third-order valence-electron chi connectivity index (χ3n) is 4.60. The summed E-state index contributed by atoms with van der Waals surface area (Å²) in [4.78, 5) is 17.1. The van der Waals surface area contributed by atoms with Crippen LogP contribution in [0.15, 0.2) is 17.0 Å². The summed E-state index contributed by atoms with van der Waals surface area (Å²) in [5, 5.41) is 4.82. The van der Waals surface area contributed by atoms with Crippen molar-refractivity contribution < 1.29 is 9.18 Å². The number of rotatable bonds is 10. The zero-order valence-electron chi connectivity index (χ0n) is 13.9. The Labute approximate surface area is 143 Å². The minimum atomic E-state index is -0.519. The van der Waals surface area contributed by atoms with Crippen LogP contribution >= 0.6 is 11.9 Å². The highest BCUT2D eigenvalue weighted by atomic mass is 32.2. The molecule has 0 bridgehead atoms. The average molecular weight is 341 g/mol. The number of carbonyl (C=O) groups excluding carboxylic acids is 1. The van der Waals surface area contributed by atoms with Crippen molar-refractivity contribution >= 4 is 23.7 Å². The zero-order chi connectivity index (χ0) is 16.5. The van der Waals surface area contributed by atoms with E-state index in [1.807, 2.05) is 5.41 Å². The fourth-order valence-corrected chi connectivity index (χ4v) is 3.81. The van der Waals surface area contributed by atoms with E-state index in [0.717, 1.165) is 70.3 Å². The average Bonchev–Trinajstić information content (AvgIpc) is 2.85. The summed E-state index contributed by atoms with van der Waals surface area (Å²) in [6.45, 7) is 5.27. The molecule has 0 saturated carbocycles. The van der Waals surface area contributed by atoms with E-state index in [1.54, 1.807) is 11.9 Å². The number of halogens is 1. The van der Waals surface area contributed by atoms with Gasteiger partial charge in [-0.05, 0) is 31.1 Å². The second-order valence-electron chi connectivity index (χ2n) is 6.31. The van der Waals surface area contributed by atoms with Gasteiger partial charge in [-0.15, -0.1) is 0 Å². The SMILES string of the molecule is C=CSN1CCC2(CC1)N=C(CCCCCCCCF)NC2=O. The molecule has 2 aliphatic rings. The van der Waals surface area contributed by atoms with Crippen molar-refractivity contribution in [1.29, 1.82) is 0 Å². The van der Waals surface area contributed by atoms with Gasteiger partial charge < -0.3 is 5.32 Å². The predicted molar refractivity (Wildman–Crippen MR) is 95.2 cm³/mol. The molecule has 1 spiro atoms. The second kappa shape index (κ2) is 9.42. The first-order valence-corrected chi connectivity index (χ1v) is 9.52. The topological polar surface area (TPSA) is 44.7 Å². The number of carbonyl (C=O) groups is 1. The summed E-state index contributed by atoms with van der Waals surface area (Å²) in [5.41, 5.74) is -0.519. The molecule has 0 unspecified atom stereocenters. The Morgan fingerprint density at radius 1 is 1.22 bits per heavy atom. The first kappa shape index (κ1) is 18.5. The summed E-state index contributed by atoms with van der Waals surface area (Å²) < 4.78 is 14.2. The zero-order valence-corrected chi connectivity index (χ0v) is 14.7. The van der Waals surface area contributed by atoms with Crippen molar-refractivity contribution in [2.24, 2.45) is 4.99 Å². The molecule has 0 atom stereocenters. The highest BCUT2D eigenvalue weighted by Crippen LogP contribution is 2.33. The van der Waals surface area contributed by atoms with Crippen LogP contribution < -0.4 is 5.32 Å². The molecule has 0 aliphatic carbocycles. The molecule has 1 amide bonds. The molecule has 1 N–H and O–H groups in total. The van der Waals surface area contributed by atoms with Crippen molar-refractivity contribution in [3.8, 4) is 0 Å². The van der Waals surface area contributed by atoms with E-state index in [9.17, 15) is 9.18 Å². The van der Waals surface area contributed by atoms with E-state index in [-0.39, 0.29) is 12.6 Å². The van der Waals surface area contributed by atoms with E-state index in [2.05, 4.69) is 16.2 Å². The molecule has 6 heteroatoms. The lowest BCUT2D eigenvalue weighted by molar-refractivity contribution is -0.124. The molecule has 23 heavy (non-hydrogen) atoms. The summed E-state index contributed by atoms with van der Waals surface area (Å²) in [7, 11) is 0. The molecular formula is C17H28FN3OS. The van der Waals surface area contributed by atoms with Gasteiger partial charge >= 0.3 is 0 Å². The lowest BCUT2D eigenvalue weighted by Crippen LogP contribution is -2.47. The first-order valence-electron chi connectivity index (χ1n) is 8.69. The minimum Gasteiger partial charge on any atom is -0.312 e. The van der Waals surface area contributed by atoms with Gasteiger partial charge in [0.15, 0.2) is 0 Å². The third kappa shape index (κ3) is 5.31. The van der Waals surface area contributed by atoms with Crippen molar-refractivity contribution in [2.45, 2.75) is 63.3 Å². The fraction of sp³-hybridized carbons (Fsp3) is 0.765. The molecule has 1 saturated heterocycles. The summed E-state index contributed by atoms with van der Waals surface area (Å²) in [5.74, 6) is 0.947. The number of amides is 1. The highest BCUT2D eigenvalue weighted by Gasteiger charge is 2.45. The molecule has 0 aromatic carbocycles. The number of amidine groups is 1. The predicted octanol–water partition coefficient (Wildman–Crippen LogP) is 3.84. The lowest BCUT2D eigenvalue weighted by atomic mass is 9.89. The van der Waals surface area contributed by atoms with Crippen molar-refractivity contribution in [2.75, 3.05) is 19.8 Å². The highest BCUT2D eigenvalue weighted by molar-refractivity contribution is 7.99. The Bertz CT molecular complexity index is 434. The van der Waals surface area contributed by atoms with Crippen LogP contribution in [0.2, 0.25) is 0 Å². The van der Waals surface area contributed by atoms with Crippen LogP contribution in [0.3, 0.4) is 0 Å². The molecule has 130 valence electrons. The van der Waals surface area contributed by atoms with E-state index in [0.29, 0.717) is 6.42 Å². The maximum atomic E-state index is 12.3. The lowest BCUT2D eigenvalue weighted by Gasteiger charge is -2.33. The normalized spacial score (nSPS) is 20.6. The van der Waals surface area contributed by atoms with Gasteiger partial charge in [0.25, 0.3) is 5.91 Å². The summed E-state index contributed by atoms with van der Waals surface area (Å²) in [6, 6.07) is 0. The molecule has 2 aliphatic heterocycles. The number of nitrogens with one attached hydrogen (secondary N) is 1.